The molecule has 0 atom stereocenters. The molecule has 1 heterocycles. The van der Waals surface area contributed by atoms with Crippen LogP contribution in [0.15, 0.2) is 46.2 Å². The molecule has 1 nitrogen and oxygen atoms in total. The molecule has 2 aromatic carbocycles. The van der Waals surface area contributed by atoms with Gasteiger partial charge in [0.15, 0.2) is 5.78 Å². The van der Waals surface area contributed by atoms with Crippen molar-refractivity contribution < 1.29 is 9.18 Å². The van der Waals surface area contributed by atoms with Crippen LogP contribution in [0.3, 0.4) is 0 Å². The first-order chi connectivity index (χ1) is 8.65. The second-order valence-corrected chi connectivity index (χ2v) is 5.56. The summed E-state index contributed by atoms with van der Waals surface area (Å²) in [6.07, 6.45) is 0.331. The Balaban J connectivity index is 2.20. The lowest BCUT2D eigenvalue weighted by Crippen LogP contribution is -2.03. The molecule has 0 saturated carbocycles. The molecule has 90 valence electrons. The van der Waals surface area contributed by atoms with Crippen LogP contribution in [0.4, 0.5) is 4.39 Å². The van der Waals surface area contributed by atoms with E-state index in [-0.39, 0.29) is 10.8 Å². The number of carbonyl (C=O) groups is 1. The summed E-state index contributed by atoms with van der Waals surface area (Å²) in [4.78, 5) is 13.8. The van der Waals surface area contributed by atoms with Gasteiger partial charge in [-0.2, -0.15) is 0 Å². The van der Waals surface area contributed by atoms with Crippen molar-refractivity contribution in [1.82, 2.24) is 0 Å². The van der Waals surface area contributed by atoms with E-state index >= 15 is 0 Å². The van der Waals surface area contributed by atoms with Crippen molar-refractivity contribution in [1.29, 1.82) is 0 Å². The lowest BCUT2D eigenvalue weighted by Gasteiger charge is -2.05. The fraction of sp³-hybridized carbons (Fsp3) is 0.0714. The second kappa shape index (κ2) is 4.41. The lowest BCUT2D eigenvalue weighted by atomic mass is 10.0. The van der Waals surface area contributed by atoms with Gasteiger partial charge in [-0.15, -0.1) is 0 Å². The number of hydrogen-bond acceptors (Lipinski definition) is 2. The zero-order chi connectivity index (χ0) is 12.7. The van der Waals surface area contributed by atoms with Crippen LogP contribution in [0.1, 0.15) is 15.9 Å². The average Bonchev–Trinajstić information content (AvgIpc) is 2.47. The molecular weight excluding hydrogens is 271 g/mol. The number of fused-ring (bicyclic) bond motifs is 2. The summed E-state index contributed by atoms with van der Waals surface area (Å²) in [5.74, 6) is -0.514. The summed E-state index contributed by atoms with van der Waals surface area (Å²) in [5, 5.41) is -0.00587. The fourth-order valence-corrected chi connectivity index (χ4v) is 3.23. The quantitative estimate of drug-likeness (QED) is 0.712. The Hall–Kier alpha value is -1.32. The van der Waals surface area contributed by atoms with Gasteiger partial charge in [-0.25, -0.2) is 4.39 Å². The Bertz CT molecular complexity index is 654. The van der Waals surface area contributed by atoms with Crippen LogP contribution < -0.4 is 0 Å². The summed E-state index contributed by atoms with van der Waals surface area (Å²) in [6.45, 7) is 0. The first-order valence-electron chi connectivity index (χ1n) is 5.43. The summed E-state index contributed by atoms with van der Waals surface area (Å²) in [7, 11) is 0. The van der Waals surface area contributed by atoms with Crippen molar-refractivity contribution in [3.05, 3.63) is 58.4 Å². The molecular formula is C14H8ClFOS. The van der Waals surface area contributed by atoms with E-state index in [2.05, 4.69) is 0 Å². The normalized spacial score (nSPS) is 13.8. The molecule has 0 aliphatic carbocycles. The van der Waals surface area contributed by atoms with Crippen molar-refractivity contribution in [2.45, 2.75) is 16.2 Å². The highest BCUT2D eigenvalue weighted by atomic mass is 35.5. The highest BCUT2D eigenvalue weighted by molar-refractivity contribution is 7.99. The maximum atomic E-state index is 13.5. The number of Topliss-reactive ketones (excluding diaryl/α,β-unsaturated/α-hetero) is 1. The topological polar surface area (TPSA) is 17.1 Å². The zero-order valence-corrected chi connectivity index (χ0v) is 10.8. The van der Waals surface area contributed by atoms with E-state index in [0.717, 1.165) is 10.5 Å². The maximum Gasteiger partial charge on any atom is 0.168 e. The maximum absolute atomic E-state index is 13.5. The number of rotatable bonds is 0. The van der Waals surface area contributed by atoms with E-state index < -0.39 is 5.82 Å². The number of benzene rings is 2. The van der Waals surface area contributed by atoms with Crippen LogP contribution in [0, 0.1) is 5.82 Å². The van der Waals surface area contributed by atoms with E-state index in [0.29, 0.717) is 16.9 Å². The Labute approximate surface area is 113 Å². The highest BCUT2D eigenvalue weighted by Gasteiger charge is 2.21. The molecule has 0 N–H and O–H groups in total. The summed E-state index contributed by atoms with van der Waals surface area (Å²) in [6, 6.07) is 10.4. The van der Waals surface area contributed by atoms with Crippen molar-refractivity contribution in [3.8, 4) is 0 Å². The van der Waals surface area contributed by atoms with Crippen molar-refractivity contribution in [2.75, 3.05) is 0 Å². The molecule has 18 heavy (non-hydrogen) atoms. The largest absolute Gasteiger partial charge is 0.294 e. The number of hydrogen-bond donors (Lipinski definition) is 0. The Morgan fingerprint density at radius 2 is 1.94 bits per heavy atom. The minimum Gasteiger partial charge on any atom is -0.294 e. The summed E-state index contributed by atoms with van der Waals surface area (Å²) in [5.41, 5.74) is 1.47. The van der Waals surface area contributed by atoms with Crippen LogP contribution in [0.25, 0.3) is 0 Å². The number of halogens is 2. The predicted octanol–water partition coefficient (Wildman–Crippen LogP) is 4.37. The van der Waals surface area contributed by atoms with Crippen molar-refractivity contribution in [2.24, 2.45) is 0 Å². The Morgan fingerprint density at radius 1 is 1.17 bits per heavy atom. The first-order valence-corrected chi connectivity index (χ1v) is 6.62. The third kappa shape index (κ3) is 1.93. The van der Waals surface area contributed by atoms with Crippen LogP contribution in [-0.2, 0) is 6.42 Å². The van der Waals surface area contributed by atoms with Crippen LogP contribution in [0.5, 0.6) is 0 Å². The minimum atomic E-state index is -0.491. The van der Waals surface area contributed by atoms with Crippen molar-refractivity contribution >= 4 is 29.1 Å². The van der Waals surface area contributed by atoms with Gasteiger partial charge in [-0.3, -0.25) is 4.79 Å². The molecule has 2 aromatic rings. The monoisotopic (exact) mass is 278 g/mol. The summed E-state index contributed by atoms with van der Waals surface area (Å²) < 4.78 is 13.5. The molecule has 1 aliphatic rings. The molecule has 0 aromatic heterocycles. The molecule has 0 unspecified atom stereocenters. The van der Waals surface area contributed by atoms with Gasteiger partial charge in [0.1, 0.15) is 5.82 Å². The van der Waals surface area contributed by atoms with Crippen LogP contribution >= 0.6 is 23.4 Å². The average molecular weight is 279 g/mol. The number of carbonyl (C=O) groups excluding carboxylic acids is 1. The van der Waals surface area contributed by atoms with E-state index in [1.807, 2.05) is 24.3 Å². The smallest absolute Gasteiger partial charge is 0.168 e. The number of ketones is 1. The molecule has 1 aliphatic heterocycles. The second-order valence-electron chi connectivity index (χ2n) is 4.07. The molecule has 0 spiro atoms. The molecule has 0 amide bonds. The van der Waals surface area contributed by atoms with Gasteiger partial charge in [0.2, 0.25) is 0 Å². The summed E-state index contributed by atoms with van der Waals surface area (Å²) >= 11 is 7.15. The Morgan fingerprint density at radius 3 is 2.78 bits per heavy atom. The van der Waals surface area contributed by atoms with E-state index in [1.54, 1.807) is 0 Å². The third-order valence-electron chi connectivity index (χ3n) is 2.87. The van der Waals surface area contributed by atoms with E-state index in [4.69, 9.17) is 11.6 Å². The first kappa shape index (κ1) is 11.8. The van der Waals surface area contributed by atoms with Gasteiger partial charge in [-0.1, -0.05) is 41.6 Å². The fourth-order valence-electron chi connectivity index (χ4n) is 1.97. The van der Waals surface area contributed by atoms with Gasteiger partial charge in [-0.05, 0) is 23.8 Å². The van der Waals surface area contributed by atoms with Gasteiger partial charge in [0, 0.05) is 21.8 Å². The molecule has 3 rings (SSSR count). The standard InChI is InChI=1S/C14H8ClFOS/c15-10-6-9-12(17)5-8-3-1-2-4-13(8)18-14(9)7-11(10)16/h1-4,6-7H,5H2. The molecule has 0 bridgehead atoms. The molecule has 4 heteroatoms. The third-order valence-corrected chi connectivity index (χ3v) is 4.33. The SMILES string of the molecule is O=C1Cc2ccccc2Sc2cc(F)c(Cl)cc21. The highest BCUT2D eigenvalue weighted by Crippen LogP contribution is 2.38. The Kier molecular flexibility index (Phi) is 2.88. The zero-order valence-electron chi connectivity index (χ0n) is 9.24. The van der Waals surface area contributed by atoms with Gasteiger partial charge in [0.05, 0.1) is 5.02 Å². The van der Waals surface area contributed by atoms with E-state index in [1.165, 1.54) is 23.9 Å². The molecule has 0 fully saturated rings. The molecule has 0 saturated heterocycles. The van der Waals surface area contributed by atoms with Crippen LogP contribution in [0.2, 0.25) is 5.02 Å². The predicted molar refractivity (Wildman–Crippen MR) is 70.0 cm³/mol. The lowest BCUT2D eigenvalue weighted by molar-refractivity contribution is 0.0990. The van der Waals surface area contributed by atoms with E-state index in [9.17, 15) is 9.18 Å². The molecule has 0 radical (unpaired) electrons. The minimum absolute atomic E-state index is 0.00587. The van der Waals surface area contributed by atoms with Crippen LogP contribution in [-0.4, -0.2) is 5.78 Å². The van der Waals surface area contributed by atoms with Gasteiger partial charge < -0.3 is 0 Å². The van der Waals surface area contributed by atoms with Crippen molar-refractivity contribution in [3.63, 3.8) is 0 Å². The van der Waals surface area contributed by atoms with Gasteiger partial charge in [0.25, 0.3) is 0 Å². The van der Waals surface area contributed by atoms with Gasteiger partial charge >= 0.3 is 0 Å².